The Hall–Kier alpha value is -0.890. The zero-order chi connectivity index (χ0) is 15.0. The maximum Gasteiger partial charge on any atom is 0.137 e. The Bertz CT molecular complexity index is 466. The lowest BCUT2D eigenvalue weighted by atomic mass is 9.63. The summed E-state index contributed by atoms with van der Waals surface area (Å²) in [4.78, 5) is 0. The van der Waals surface area contributed by atoms with Crippen LogP contribution in [0.5, 0.6) is 5.75 Å². The van der Waals surface area contributed by atoms with Gasteiger partial charge in [0.1, 0.15) is 5.75 Å². The molecule has 2 rings (SSSR count). The average molecular weight is 296 g/mol. The van der Waals surface area contributed by atoms with Crippen molar-refractivity contribution >= 4 is 17.3 Å². The number of hydrogen-bond acceptors (Lipinski definition) is 2. The first-order valence-electron chi connectivity index (χ1n) is 7.31. The molecule has 0 radical (unpaired) electrons. The molecule has 0 heterocycles. The van der Waals surface area contributed by atoms with Crippen molar-refractivity contribution in [3.63, 3.8) is 0 Å². The molecule has 3 heteroatoms. The minimum Gasteiger partial charge on any atom is -0.495 e. The van der Waals surface area contributed by atoms with Gasteiger partial charge in [-0.05, 0) is 48.3 Å². The summed E-state index contributed by atoms with van der Waals surface area (Å²) in [5.74, 6) is 0.724. The van der Waals surface area contributed by atoms with E-state index in [1.807, 2.05) is 18.2 Å². The molecule has 0 bridgehead atoms. The van der Waals surface area contributed by atoms with Crippen LogP contribution in [0.15, 0.2) is 18.2 Å². The third-order valence-electron chi connectivity index (χ3n) is 4.08. The van der Waals surface area contributed by atoms with Gasteiger partial charge in [0.15, 0.2) is 0 Å². The summed E-state index contributed by atoms with van der Waals surface area (Å²) in [6, 6.07) is 6.41. The van der Waals surface area contributed by atoms with E-state index in [9.17, 15) is 0 Å². The van der Waals surface area contributed by atoms with Crippen LogP contribution in [0.3, 0.4) is 0 Å². The largest absolute Gasteiger partial charge is 0.495 e. The molecule has 1 fully saturated rings. The molecule has 0 aromatic heterocycles. The molecule has 0 atom stereocenters. The van der Waals surface area contributed by atoms with Crippen LogP contribution in [0.25, 0.3) is 0 Å². The molecule has 0 saturated heterocycles. The molecule has 2 nitrogen and oxygen atoms in total. The van der Waals surface area contributed by atoms with Crippen molar-refractivity contribution < 1.29 is 4.74 Å². The van der Waals surface area contributed by atoms with Crippen molar-refractivity contribution in [3.05, 3.63) is 23.2 Å². The molecule has 1 aromatic rings. The highest BCUT2D eigenvalue weighted by atomic mass is 35.5. The first-order chi connectivity index (χ1) is 9.21. The summed E-state index contributed by atoms with van der Waals surface area (Å²) in [7, 11) is 1.64. The molecule has 0 spiro atoms. The topological polar surface area (TPSA) is 21.3 Å². The number of hydrogen-bond donors (Lipinski definition) is 1. The molecule has 112 valence electrons. The Morgan fingerprint density at radius 1 is 1.15 bits per heavy atom. The lowest BCUT2D eigenvalue weighted by Crippen LogP contribution is -2.40. The SMILES string of the molecule is COc1ccc(NC2CC(C)(C)CC(C)(C)C2)cc1Cl. The summed E-state index contributed by atoms with van der Waals surface area (Å²) >= 11 is 6.19. The Labute approximate surface area is 127 Å². The Balaban J connectivity index is 2.11. The smallest absolute Gasteiger partial charge is 0.137 e. The molecular weight excluding hydrogens is 270 g/mol. The van der Waals surface area contributed by atoms with Crippen molar-refractivity contribution in [3.8, 4) is 5.75 Å². The van der Waals surface area contributed by atoms with Gasteiger partial charge in [0.05, 0.1) is 12.1 Å². The Kier molecular flexibility index (Phi) is 4.24. The molecule has 0 unspecified atom stereocenters. The molecule has 1 aromatic carbocycles. The number of methoxy groups -OCH3 is 1. The predicted octanol–water partition coefficient (Wildman–Crippen LogP) is 5.37. The number of rotatable bonds is 3. The van der Waals surface area contributed by atoms with Crippen LogP contribution in [-0.4, -0.2) is 13.2 Å². The fourth-order valence-corrected chi connectivity index (χ4v) is 4.20. The van der Waals surface area contributed by atoms with E-state index in [2.05, 4.69) is 33.0 Å². The first kappa shape index (κ1) is 15.5. The van der Waals surface area contributed by atoms with Crippen LogP contribution < -0.4 is 10.1 Å². The Morgan fingerprint density at radius 3 is 2.25 bits per heavy atom. The van der Waals surface area contributed by atoms with Gasteiger partial charge in [0.25, 0.3) is 0 Å². The predicted molar refractivity (Wildman–Crippen MR) is 86.8 cm³/mol. The summed E-state index contributed by atoms with van der Waals surface area (Å²) in [6.45, 7) is 9.46. The van der Waals surface area contributed by atoms with Crippen LogP contribution in [-0.2, 0) is 0 Å². The molecular formula is C17H26ClNO. The van der Waals surface area contributed by atoms with Crippen LogP contribution in [0, 0.1) is 10.8 Å². The zero-order valence-corrected chi connectivity index (χ0v) is 14.0. The van der Waals surface area contributed by atoms with Crippen LogP contribution >= 0.6 is 11.6 Å². The molecule has 1 saturated carbocycles. The standard InChI is InChI=1S/C17H26ClNO/c1-16(2)9-13(10-17(3,4)11-16)19-12-6-7-15(20-5)14(18)8-12/h6-8,13,19H,9-11H2,1-5H3. The van der Waals surface area contributed by atoms with E-state index in [1.165, 1.54) is 19.3 Å². The second kappa shape index (κ2) is 5.48. The van der Waals surface area contributed by atoms with E-state index in [1.54, 1.807) is 7.11 Å². The monoisotopic (exact) mass is 295 g/mol. The number of ether oxygens (including phenoxy) is 1. The maximum absolute atomic E-state index is 6.19. The van der Waals surface area contributed by atoms with Crippen LogP contribution in [0.2, 0.25) is 5.02 Å². The van der Waals surface area contributed by atoms with Gasteiger partial charge in [-0.15, -0.1) is 0 Å². The molecule has 1 aliphatic rings. The fraction of sp³-hybridized carbons (Fsp3) is 0.647. The lowest BCUT2D eigenvalue weighted by Gasteiger charge is -2.45. The summed E-state index contributed by atoms with van der Waals surface area (Å²) in [5, 5.41) is 4.30. The second-order valence-corrected chi connectivity index (χ2v) is 8.01. The summed E-state index contributed by atoms with van der Waals surface area (Å²) < 4.78 is 5.20. The van der Waals surface area contributed by atoms with Crippen LogP contribution in [0.1, 0.15) is 47.0 Å². The highest BCUT2D eigenvalue weighted by molar-refractivity contribution is 6.32. The first-order valence-corrected chi connectivity index (χ1v) is 7.69. The number of anilines is 1. The maximum atomic E-state index is 6.19. The van der Waals surface area contributed by atoms with Gasteiger partial charge >= 0.3 is 0 Å². The van der Waals surface area contributed by atoms with Crippen LogP contribution in [0.4, 0.5) is 5.69 Å². The third kappa shape index (κ3) is 3.82. The third-order valence-corrected chi connectivity index (χ3v) is 4.37. The molecule has 1 N–H and O–H groups in total. The molecule has 1 aliphatic carbocycles. The van der Waals surface area contributed by atoms with Crippen molar-refractivity contribution in [1.29, 1.82) is 0 Å². The number of benzene rings is 1. The van der Waals surface area contributed by atoms with E-state index in [0.29, 0.717) is 21.9 Å². The van der Waals surface area contributed by atoms with Crippen molar-refractivity contribution in [1.82, 2.24) is 0 Å². The van der Waals surface area contributed by atoms with Gasteiger partial charge in [0, 0.05) is 11.7 Å². The van der Waals surface area contributed by atoms with Gasteiger partial charge in [-0.2, -0.15) is 0 Å². The van der Waals surface area contributed by atoms with Gasteiger partial charge < -0.3 is 10.1 Å². The van der Waals surface area contributed by atoms with Gasteiger partial charge in [-0.1, -0.05) is 39.3 Å². The zero-order valence-electron chi connectivity index (χ0n) is 13.2. The van der Waals surface area contributed by atoms with E-state index in [4.69, 9.17) is 16.3 Å². The quantitative estimate of drug-likeness (QED) is 0.810. The number of halogens is 1. The fourth-order valence-electron chi connectivity index (χ4n) is 3.94. The van der Waals surface area contributed by atoms with Gasteiger partial charge in [-0.25, -0.2) is 0 Å². The highest BCUT2D eigenvalue weighted by Gasteiger charge is 2.38. The van der Waals surface area contributed by atoms with Crippen molar-refractivity contribution in [2.24, 2.45) is 10.8 Å². The van der Waals surface area contributed by atoms with E-state index in [0.717, 1.165) is 11.4 Å². The molecule has 20 heavy (non-hydrogen) atoms. The van der Waals surface area contributed by atoms with E-state index in [-0.39, 0.29) is 0 Å². The van der Waals surface area contributed by atoms with Gasteiger partial charge in [-0.3, -0.25) is 0 Å². The van der Waals surface area contributed by atoms with E-state index < -0.39 is 0 Å². The van der Waals surface area contributed by atoms with Crippen molar-refractivity contribution in [2.75, 3.05) is 12.4 Å². The van der Waals surface area contributed by atoms with E-state index >= 15 is 0 Å². The summed E-state index contributed by atoms with van der Waals surface area (Å²) in [5.41, 5.74) is 1.85. The normalized spacial score (nSPS) is 21.5. The second-order valence-electron chi connectivity index (χ2n) is 7.60. The minimum absolute atomic E-state index is 0.385. The highest BCUT2D eigenvalue weighted by Crippen LogP contribution is 2.46. The molecule has 0 amide bonds. The molecule has 0 aliphatic heterocycles. The van der Waals surface area contributed by atoms with Gasteiger partial charge in [0.2, 0.25) is 0 Å². The Morgan fingerprint density at radius 2 is 1.75 bits per heavy atom. The average Bonchev–Trinajstić information content (AvgIpc) is 2.24. The number of nitrogens with one attached hydrogen (secondary N) is 1. The minimum atomic E-state index is 0.385. The van der Waals surface area contributed by atoms with Crippen molar-refractivity contribution in [2.45, 2.75) is 53.0 Å². The lowest BCUT2D eigenvalue weighted by molar-refractivity contribution is 0.105. The summed E-state index contributed by atoms with van der Waals surface area (Å²) in [6.07, 6.45) is 3.67.